The first-order chi connectivity index (χ1) is 8.22. The van der Waals surface area contributed by atoms with Crippen LogP contribution in [0.25, 0.3) is 11.3 Å². The summed E-state index contributed by atoms with van der Waals surface area (Å²) >= 11 is 0. The molecule has 0 spiro atoms. The fraction of sp³-hybridized carbons (Fsp3) is 0.357. The summed E-state index contributed by atoms with van der Waals surface area (Å²) in [6.45, 7) is 3.09. The summed E-state index contributed by atoms with van der Waals surface area (Å²) in [5, 5.41) is 7.54. The van der Waals surface area contributed by atoms with Crippen LogP contribution in [-0.4, -0.2) is 23.4 Å². The highest BCUT2D eigenvalue weighted by Gasteiger charge is 2.10. The Kier molecular flexibility index (Phi) is 3.59. The first-order valence-corrected chi connectivity index (χ1v) is 5.95. The van der Waals surface area contributed by atoms with Crippen LogP contribution >= 0.6 is 0 Å². The number of aryl methyl sites for hydroxylation is 2. The zero-order chi connectivity index (χ0) is 12.3. The Bertz CT molecular complexity index is 500. The fourth-order valence-corrected chi connectivity index (χ4v) is 2.09. The molecule has 1 N–H and O–H groups in total. The molecule has 1 aromatic carbocycles. The maximum Gasteiger partial charge on any atom is 0.0711 e. The van der Waals surface area contributed by atoms with E-state index in [9.17, 15) is 0 Å². The zero-order valence-corrected chi connectivity index (χ0v) is 10.7. The summed E-state index contributed by atoms with van der Waals surface area (Å²) in [5.74, 6) is 0. The normalized spacial score (nSPS) is 10.8. The van der Waals surface area contributed by atoms with Crippen molar-refractivity contribution in [1.29, 1.82) is 0 Å². The molecule has 17 heavy (non-hydrogen) atoms. The van der Waals surface area contributed by atoms with Crippen LogP contribution in [0, 0.1) is 6.92 Å². The predicted octanol–water partition coefficient (Wildman–Crippen LogP) is 2.16. The van der Waals surface area contributed by atoms with E-state index in [0.29, 0.717) is 0 Å². The first-order valence-electron chi connectivity index (χ1n) is 5.95. The summed E-state index contributed by atoms with van der Waals surface area (Å²) in [6.07, 6.45) is 2.97. The van der Waals surface area contributed by atoms with Crippen molar-refractivity contribution in [2.45, 2.75) is 13.3 Å². The van der Waals surface area contributed by atoms with Crippen LogP contribution in [0.5, 0.6) is 0 Å². The molecule has 3 heteroatoms. The molecule has 0 aliphatic heterocycles. The van der Waals surface area contributed by atoms with E-state index in [4.69, 9.17) is 0 Å². The van der Waals surface area contributed by atoms with Crippen molar-refractivity contribution in [3.63, 3.8) is 0 Å². The number of hydrogen-bond acceptors (Lipinski definition) is 2. The Labute approximate surface area is 102 Å². The van der Waals surface area contributed by atoms with Crippen LogP contribution in [0.15, 0.2) is 30.5 Å². The van der Waals surface area contributed by atoms with Crippen LogP contribution in [0.2, 0.25) is 0 Å². The lowest BCUT2D eigenvalue weighted by Gasteiger charge is -2.07. The molecule has 0 aliphatic rings. The largest absolute Gasteiger partial charge is 0.319 e. The van der Waals surface area contributed by atoms with Gasteiger partial charge in [-0.3, -0.25) is 4.68 Å². The van der Waals surface area contributed by atoms with E-state index in [1.807, 2.05) is 25.0 Å². The van der Waals surface area contributed by atoms with Gasteiger partial charge in [-0.25, -0.2) is 0 Å². The molecule has 0 amide bonds. The monoisotopic (exact) mass is 229 g/mol. The van der Waals surface area contributed by atoms with E-state index in [0.717, 1.165) is 13.0 Å². The van der Waals surface area contributed by atoms with Gasteiger partial charge in [-0.05, 0) is 38.6 Å². The van der Waals surface area contributed by atoms with Crippen LogP contribution < -0.4 is 5.32 Å². The van der Waals surface area contributed by atoms with Crippen molar-refractivity contribution < 1.29 is 0 Å². The van der Waals surface area contributed by atoms with Gasteiger partial charge in [-0.2, -0.15) is 5.10 Å². The molecular formula is C14H19N3. The molecule has 0 saturated heterocycles. The highest BCUT2D eigenvalue weighted by atomic mass is 15.3. The molecule has 90 valence electrons. The van der Waals surface area contributed by atoms with Crippen molar-refractivity contribution in [1.82, 2.24) is 15.1 Å². The van der Waals surface area contributed by atoms with E-state index in [-0.39, 0.29) is 0 Å². The van der Waals surface area contributed by atoms with Crippen LogP contribution in [0.1, 0.15) is 11.1 Å². The molecule has 2 rings (SSSR count). The Balaban J connectivity index is 2.39. The van der Waals surface area contributed by atoms with Crippen LogP contribution in [0.4, 0.5) is 0 Å². The van der Waals surface area contributed by atoms with Crippen molar-refractivity contribution in [3.05, 3.63) is 41.6 Å². The molecule has 3 nitrogen and oxygen atoms in total. The average Bonchev–Trinajstić information content (AvgIpc) is 2.68. The number of rotatable bonds is 4. The van der Waals surface area contributed by atoms with Crippen LogP contribution in [0.3, 0.4) is 0 Å². The number of hydrogen-bond donors (Lipinski definition) is 1. The lowest BCUT2D eigenvalue weighted by molar-refractivity contribution is 0.772. The first kappa shape index (κ1) is 11.9. The Morgan fingerprint density at radius 3 is 2.88 bits per heavy atom. The molecule has 1 aromatic heterocycles. The number of nitrogens with zero attached hydrogens (tertiary/aromatic N) is 2. The summed E-state index contributed by atoms with van der Waals surface area (Å²) in [7, 11) is 3.98. The summed E-state index contributed by atoms with van der Waals surface area (Å²) < 4.78 is 1.96. The Morgan fingerprint density at radius 1 is 1.35 bits per heavy atom. The lowest BCUT2D eigenvalue weighted by atomic mass is 10.0. The van der Waals surface area contributed by atoms with Gasteiger partial charge >= 0.3 is 0 Å². The summed E-state index contributed by atoms with van der Waals surface area (Å²) in [5.41, 5.74) is 5.05. The van der Waals surface area contributed by atoms with Gasteiger partial charge in [0.1, 0.15) is 0 Å². The zero-order valence-electron chi connectivity index (χ0n) is 10.7. The molecule has 0 atom stereocenters. The van der Waals surface area contributed by atoms with Gasteiger partial charge in [0.2, 0.25) is 0 Å². The van der Waals surface area contributed by atoms with Crippen molar-refractivity contribution in [3.8, 4) is 11.3 Å². The molecule has 0 unspecified atom stereocenters. The van der Waals surface area contributed by atoms with E-state index >= 15 is 0 Å². The third-order valence-electron chi connectivity index (χ3n) is 2.95. The van der Waals surface area contributed by atoms with Crippen LogP contribution in [-0.2, 0) is 13.5 Å². The van der Waals surface area contributed by atoms with Crippen molar-refractivity contribution >= 4 is 0 Å². The second-order valence-corrected chi connectivity index (χ2v) is 4.37. The van der Waals surface area contributed by atoms with Gasteiger partial charge in [0, 0.05) is 12.6 Å². The smallest absolute Gasteiger partial charge is 0.0711 e. The predicted molar refractivity (Wildman–Crippen MR) is 71.0 cm³/mol. The fourth-order valence-electron chi connectivity index (χ4n) is 2.09. The summed E-state index contributed by atoms with van der Waals surface area (Å²) in [6, 6.07) is 8.57. The second kappa shape index (κ2) is 5.15. The van der Waals surface area contributed by atoms with E-state index in [1.54, 1.807) is 0 Å². The van der Waals surface area contributed by atoms with Crippen molar-refractivity contribution in [2.24, 2.45) is 7.05 Å². The van der Waals surface area contributed by atoms with Gasteiger partial charge in [0.05, 0.1) is 11.9 Å². The minimum absolute atomic E-state index is 0.977. The number of aromatic nitrogens is 2. The molecule has 0 fully saturated rings. The molecule has 0 bridgehead atoms. The van der Waals surface area contributed by atoms with Crippen molar-refractivity contribution in [2.75, 3.05) is 13.6 Å². The van der Waals surface area contributed by atoms with Gasteiger partial charge < -0.3 is 5.32 Å². The van der Waals surface area contributed by atoms with Gasteiger partial charge in [0.15, 0.2) is 0 Å². The molecule has 2 aromatic rings. The second-order valence-electron chi connectivity index (χ2n) is 4.37. The number of likely N-dealkylation sites (N-methyl/N-ethyl adjacent to an activating group) is 1. The third kappa shape index (κ3) is 2.56. The quantitative estimate of drug-likeness (QED) is 0.870. The average molecular weight is 229 g/mol. The number of benzene rings is 1. The lowest BCUT2D eigenvalue weighted by Crippen LogP contribution is -2.10. The maximum atomic E-state index is 4.36. The molecule has 0 radical (unpaired) electrons. The maximum absolute atomic E-state index is 4.36. The number of nitrogens with one attached hydrogen (secondary N) is 1. The standard InChI is InChI=1S/C14H19N3/c1-11-5-4-6-12(9-11)14-13(7-8-15-2)10-16-17(14)3/h4-6,9-10,15H,7-8H2,1-3H3. The van der Waals surface area contributed by atoms with Gasteiger partial charge in [0.25, 0.3) is 0 Å². The van der Waals surface area contributed by atoms with Gasteiger partial charge in [-0.1, -0.05) is 23.8 Å². The minimum Gasteiger partial charge on any atom is -0.319 e. The molecule has 1 heterocycles. The Morgan fingerprint density at radius 2 is 2.18 bits per heavy atom. The molecular weight excluding hydrogens is 210 g/mol. The SMILES string of the molecule is CNCCc1cnn(C)c1-c1cccc(C)c1. The van der Waals surface area contributed by atoms with E-state index in [1.165, 1.54) is 22.4 Å². The van der Waals surface area contributed by atoms with E-state index in [2.05, 4.69) is 41.6 Å². The van der Waals surface area contributed by atoms with E-state index < -0.39 is 0 Å². The molecule has 0 aliphatic carbocycles. The highest BCUT2D eigenvalue weighted by molar-refractivity contribution is 5.64. The highest BCUT2D eigenvalue weighted by Crippen LogP contribution is 2.24. The minimum atomic E-state index is 0.977. The van der Waals surface area contributed by atoms with Gasteiger partial charge in [-0.15, -0.1) is 0 Å². The molecule has 0 saturated carbocycles. The Hall–Kier alpha value is -1.61. The third-order valence-corrected chi connectivity index (χ3v) is 2.95. The topological polar surface area (TPSA) is 29.9 Å². The summed E-state index contributed by atoms with van der Waals surface area (Å²) in [4.78, 5) is 0.